The van der Waals surface area contributed by atoms with E-state index < -0.39 is 11.9 Å². The molecule has 0 amide bonds. The standard InChI is InChI=1S/C22H20O4/c1-13(2)21(23)25-17-7-9-19-15(11-17)5-6-16-12-18(8-10-20(16)19)26-22(24)14(3)4/h5,7-12,19H,1,3,6H2,2,4H3. The third-order valence-corrected chi connectivity index (χ3v) is 4.25. The number of rotatable bonds is 4. The van der Waals surface area contributed by atoms with Crippen molar-refractivity contribution < 1.29 is 19.1 Å². The highest BCUT2D eigenvalue weighted by Gasteiger charge is 2.24. The molecule has 0 spiro atoms. The van der Waals surface area contributed by atoms with Crippen molar-refractivity contribution >= 4 is 11.9 Å². The predicted octanol–water partition coefficient (Wildman–Crippen LogP) is 4.31. The number of allylic oxidation sites excluding steroid dienone is 5. The largest absolute Gasteiger partial charge is 0.423 e. The van der Waals surface area contributed by atoms with Crippen molar-refractivity contribution in [2.75, 3.05) is 0 Å². The summed E-state index contributed by atoms with van der Waals surface area (Å²) >= 11 is 0. The van der Waals surface area contributed by atoms with Crippen molar-refractivity contribution in [3.63, 3.8) is 0 Å². The molecule has 3 rings (SSSR count). The second kappa shape index (κ2) is 7.00. The van der Waals surface area contributed by atoms with Gasteiger partial charge in [0.05, 0.1) is 0 Å². The van der Waals surface area contributed by atoms with Crippen LogP contribution in [0.25, 0.3) is 0 Å². The Labute approximate surface area is 152 Å². The topological polar surface area (TPSA) is 52.6 Å². The molecule has 132 valence electrons. The molecule has 0 bridgehead atoms. The lowest BCUT2D eigenvalue weighted by Crippen LogP contribution is -2.14. The molecular formula is C22H20O4. The summed E-state index contributed by atoms with van der Waals surface area (Å²) in [7, 11) is 0. The summed E-state index contributed by atoms with van der Waals surface area (Å²) in [5.74, 6) is 0.259. The van der Waals surface area contributed by atoms with E-state index in [-0.39, 0.29) is 5.92 Å². The van der Waals surface area contributed by atoms with E-state index in [9.17, 15) is 9.59 Å². The monoisotopic (exact) mass is 348 g/mol. The van der Waals surface area contributed by atoms with Crippen LogP contribution >= 0.6 is 0 Å². The fraction of sp³-hybridized carbons (Fsp3) is 0.182. The number of carbonyl (C=O) groups is 2. The Kier molecular flexibility index (Phi) is 4.76. The van der Waals surface area contributed by atoms with E-state index >= 15 is 0 Å². The van der Waals surface area contributed by atoms with Gasteiger partial charge in [0, 0.05) is 17.1 Å². The Morgan fingerprint density at radius 2 is 1.77 bits per heavy atom. The fourth-order valence-electron chi connectivity index (χ4n) is 2.88. The predicted molar refractivity (Wildman–Crippen MR) is 99.5 cm³/mol. The lowest BCUT2D eigenvalue weighted by molar-refractivity contribution is -0.134. The molecule has 1 aromatic carbocycles. The quantitative estimate of drug-likeness (QED) is 0.462. The molecule has 4 nitrogen and oxygen atoms in total. The van der Waals surface area contributed by atoms with Crippen LogP contribution in [0.3, 0.4) is 0 Å². The number of fused-ring (bicyclic) bond motifs is 3. The molecule has 2 aliphatic carbocycles. The third kappa shape index (κ3) is 3.59. The average Bonchev–Trinajstić information content (AvgIpc) is 2.61. The summed E-state index contributed by atoms with van der Waals surface area (Å²) in [4.78, 5) is 23.4. The molecule has 0 saturated heterocycles. The molecule has 0 aliphatic heterocycles. The van der Waals surface area contributed by atoms with Gasteiger partial charge in [-0.1, -0.05) is 31.4 Å². The zero-order valence-corrected chi connectivity index (χ0v) is 14.9. The van der Waals surface area contributed by atoms with Gasteiger partial charge in [0.2, 0.25) is 0 Å². The first-order valence-electron chi connectivity index (χ1n) is 8.33. The number of benzene rings is 1. The van der Waals surface area contributed by atoms with Gasteiger partial charge in [0.15, 0.2) is 0 Å². The maximum Gasteiger partial charge on any atom is 0.338 e. The minimum atomic E-state index is -0.430. The maximum atomic E-state index is 11.7. The highest BCUT2D eigenvalue weighted by Crippen LogP contribution is 2.39. The molecule has 2 aliphatic rings. The Bertz CT molecular complexity index is 912. The van der Waals surface area contributed by atoms with Gasteiger partial charge in [0.1, 0.15) is 11.5 Å². The number of ether oxygens (including phenoxy) is 2. The van der Waals surface area contributed by atoms with Crippen molar-refractivity contribution in [2.24, 2.45) is 0 Å². The number of hydrogen-bond donors (Lipinski definition) is 0. The van der Waals surface area contributed by atoms with Gasteiger partial charge in [-0.25, -0.2) is 9.59 Å². The molecule has 0 N–H and O–H groups in total. The van der Waals surface area contributed by atoms with Crippen LogP contribution < -0.4 is 4.74 Å². The van der Waals surface area contributed by atoms with Crippen LogP contribution in [0.4, 0.5) is 0 Å². The smallest absolute Gasteiger partial charge is 0.338 e. The Balaban J connectivity index is 1.80. The molecule has 0 saturated carbocycles. The molecule has 1 aromatic rings. The Morgan fingerprint density at radius 3 is 2.46 bits per heavy atom. The number of hydrogen-bond acceptors (Lipinski definition) is 4. The van der Waals surface area contributed by atoms with E-state index in [0.29, 0.717) is 29.1 Å². The van der Waals surface area contributed by atoms with Gasteiger partial charge >= 0.3 is 11.9 Å². The minimum Gasteiger partial charge on any atom is -0.423 e. The third-order valence-electron chi connectivity index (χ3n) is 4.25. The summed E-state index contributed by atoms with van der Waals surface area (Å²) in [5.41, 5.74) is 4.06. The normalized spacial score (nSPS) is 17.2. The Hall–Kier alpha value is -3.14. The van der Waals surface area contributed by atoms with Crippen molar-refractivity contribution in [3.05, 3.63) is 89.3 Å². The van der Waals surface area contributed by atoms with Gasteiger partial charge in [-0.3, -0.25) is 0 Å². The minimum absolute atomic E-state index is 0.0944. The van der Waals surface area contributed by atoms with Crippen LogP contribution in [0.2, 0.25) is 0 Å². The van der Waals surface area contributed by atoms with Crippen LogP contribution in [0.1, 0.15) is 30.9 Å². The molecule has 4 heteroatoms. The first kappa shape index (κ1) is 17.7. The van der Waals surface area contributed by atoms with E-state index in [1.807, 2.05) is 24.3 Å². The van der Waals surface area contributed by atoms with Crippen LogP contribution in [0, 0.1) is 0 Å². The molecule has 0 aromatic heterocycles. The van der Waals surface area contributed by atoms with E-state index in [0.717, 1.165) is 16.7 Å². The van der Waals surface area contributed by atoms with E-state index in [4.69, 9.17) is 9.47 Å². The van der Waals surface area contributed by atoms with Crippen LogP contribution in [-0.4, -0.2) is 11.9 Å². The first-order chi connectivity index (χ1) is 12.3. The summed E-state index contributed by atoms with van der Waals surface area (Å²) in [6, 6.07) is 5.64. The van der Waals surface area contributed by atoms with Crippen molar-refractivity contribution in [1.82, 2.24) is 0 Å². The first-order valence-corrected chi connectivity index (χ1v) is 8.33. The van der Waals surface area contributed by atoms with Crippen molar-refractivity contribution in [3.8, 4) is 5.75 Å². The molecule has 0 fully saturated rings. The van der Waals surface area contributed by atoms with Crippen LogP contribution in [0.5, 0.6) is 5.75 Å². The SMILES string of the molecule is C=C(C)C(=O)OC1=CC2=CCc3cc(OC(=O)C(=C)C)ccc3C2C=C1. The average molecular weight is 348 g/mol. The van der Waals surface area contributed by atoms with Crippen LogP contribution in [0.15, 0.2) is 78.1 Å². The second-order valence-electron chi connectivity index (χ2n) is 6.49. The van der Waals surface area contributed by atoms with Gasteiger partial charge in [-0.05, 0) is 61.3 Å². The Morgan fingerprint density at radius 1 is 1.08 bits per heavy atom. The van der Waals surface area contributed by atoms with Gasteiger partial charge in [0.25, 0.3) is 0 Å². The zero-order valence-electron chi connectivity index (χ0n) is 14.9. The summed E-state index contributed by atoms with van der Waals surface area (Å²) in [6.07, 6.45) is 8.49. The van der Waals surface area contributed by atoms with E-state index in [2.05, 4.69) is 19.2 Å². The molecule has 1 atom stereocenters. The molecule has 0 heterocycles. The summed E-state index contributed by atoms with van der Waals surface area (Å²) in [5, 5.41) is 0. The van der Waals surface area contributed by atoms with Gasteiger partial charge in [-0.15, -0.1) is 0 Å². The number of carbonyl (C=O) groups excluding carboxylic acids is 2. The summed E-state index contributed by atoms with van der Waals surface area (Å²) < 4.78 is 10.6. The van der Waals surface area contributed by atoms with Crippen molar-refractivity contribution in [2.45, 2.75) is 26.2 Å². The van der Waals surface area contributed by atoms with E-state index in [1.165, 1.54) is 0 Å². The van der Waals surface area contributed by atoms with Gasteiger partial charge < -0.3 is 9.47 Å². The maximum absolute atomic E-state index is 11.7. The number of esters is 2. The van der Waals surface area contributed by atoms with Gasteiger partial charge in [-0.2, -0.15) is 0 Å². The fourth-order valence-corrected chi connectivity index (χ4v) is 2.88. The van der Waals surface area contributed by atoms with Crippen molar-refractivity contribution in [1.29, 1.82) is 0 Å². The lowest BCUT2D eigenvalue weighted by atomic mass is 9.79. The lowest BCUT2D eigenvalue weighted by Gasteiger charge is -2.26. The summed E-state index contributed by atoms with van der Waals surface area (Å²) in [6.45, 7) is 10.4. The second-order valence-corrected chi connectivity index (χ2v) is 6.49. The van der Waals surface area contributed by atoms with E-state index in [1.54, 1.807) is 26.0 Å². The highest BCUT2D eigenvalue weighted by molar-refractivity contribution is 5.89. The highest BCUT2D eigenvalue weighted by atomic mass is 16.5. The molecular weight excluding hydrogens is 328 g/mol. The molecule has 1 unspecified atom stereocenters. The molecule has 26 heavy (non-hydrogen) atoms. The molecule has 0 radical (unpaired) electrons. The van der Waals surface area contributed by atoms with Crippen LogP contribution in [-0.2, 0) is 20.7 Å². The zero-order chi connectivity index (χ0) is 18.8.